The third-order valence-corrected chi connectivity index (χ3v) is 4.67. The second kappa shape index (κ2) is 5.11. The van der Waals surface area contributed by atoms with Crippen molar-refractivity contribution in [3.8, 4) is 0 Å². The molecule has 0 saturated carbocycles. The number of nitrogens with zero attached hydrogens (tertiary/aromatic N) is 1. The summed E-state index contributed by atoms with van der Waals surface area (Å²) in [4.78, 5) is 15.2. The number of hydrogen-bond donors (Lipinski definition) is 1. The van der Waals surface area contributed by atoms with Crippen LogP contribution in [0.1, 0.15) is 16.6 Å². The van der Waals surface area contributed by atoms with Crippen LogP contribution in [-0.2, 0) is 0 Å². The lowest BCUT2D eigenvalue weighted by Crippen LogP contribution is -2.31. The average molecular weight is 307 g/mol. The van der Waals surface area contributed by atoms with Crippen molar-refractivity contribution < 1.29 is 4.79 Å². The van der Waals surface area contributed by atoms with E-state index in [-0.39, 0.29) is 5.91 Å². The molecule has 0 radical (unpaired) electrons. The van der Waals surface area contributed by atoms with Crippen molar-refractivity contribution in [3.05, 3.63) is 40.3 Å². The normalized spacial score (nSPS) is 14.9. The molecule has 1 aliphatic heterocycles. The minimum atomic E-state index is 0.00142. The Morgan fingerprint density at radius 1 is 1.55 bits per heavy atom. The molecule has 1 aliphatic rings. The van der Waals surface area contributed by atoms with Crippen LogP contribution in [0.5, 0.6) is 0 Å². The highest BCUT2D eigenvalue weighted by Gasteiger charge is 2.25. The number of carbonyl (C=O) groups is 1. The van der Waals surface area contributed by atoms with E-state index in [1.54, 1.807) is 0 Å². The summed E-state index contributed by atoms with van der Waals surface area (Å²) in [5.74, 6) is 0.00142. The Balaban J connectivity index is 2.23. The SMILES string of the molecule is C=C(C)CN1CCNC(=O)c2sc3ccc(Cl)cc3c21. The summed E-state index contributed by atoms with van der Waals surface area (Å²) in [7, 11) is 0. The Morgan fingerprint density at radius 3 is 3.10 bits per heavy atom. The van der Waals surface area contributed by atoms with Gasteiger partial charge >= 0.3 is 0 Å². The Hall–Kier alpha value is -1.52. The van der Waals surface area contributed by atoms with Gasteiger partial charge in [-0.1, -0.05) is 23.8 Å². The molecule has 104 valence electrons. The number of rotatable bonds is 2. The van der Waals surface area contributed by atoms with Gasteiger partial charge in [0.15, 0.2) is 0 Å². The van der Waals surface area contributed by atoms with Crippen LogP contribution in [-0.4, -0.2) is 25.5 Å². The summed E-state index contributed by atoms with van der Waals surface area (Å²) in [5, 5.41) is 4.69. The van der Waals surface area contributed by atoms with Crippen LogP contribution in [0, 0.1) is 0 Å². The second-order valence-corrected chi connectivity index (χ2v) is 6.54. The van der Waals surface area contributed by atoms with E-state index in [2.05, 4.69) is 16.8 Å². The van der Waals surface area contributed by atoms with Crippen molar-refractivity contribution >= 4 is 44.6 Å². The molecule has 1 amide bonds. The molecule has 5 heteroatoms. The number of nitrogens with one attached hydrogen (secondary N) is 1. The number of halogens is 1. The molecule has 2 heterocycles. The average Bonchev–Trinajstić information content (AvgIpc) is 2.68. The number of anilines is 1. The maximum absolute atomic E-state index is 12.2. The molecule has 1 aromatic carbocycles. The highest BCUT2D eigenvalue weighted by molar-refractivity contribution is 7.21. The molecular formula is C15H15ClN2OS. The van der Waals surface area contributed by atoms with Crippen molar-refractivity contribution in [1.82, 2.24) is 5.32 Å². The number of thiophene rings is 1. The maximum Gasteiger partial charge on any atom is 0.263 e. The molecule has 3 nitrogen and oxygen atoms in total. The Morgan fingerprint density at radius 2 is 2.35 bits per heavy atom. The van der Waals surface area contributed by atoms with Crippen LogP contribution in [0.15, 0.2) is 30.4 Å². The monoisotopic (exact) mass is 306 g/mol. The van der Waals surface area contributed by atoms with Crippen LogP contribution in [0.2, 0.25) is 5.02 Å². The summed E-state index contributed by atoms with van der Waals surface area (Å²) in [6.45, 7) is 8.17. The van der Waals surface area contributed by atoms with Gasteiger partial charge in [-0.05, 0) is 25.1 Å². The van der Waals surface area contributed by atoms with Gasteiger partial charge in [0.2, 0.25) is 0 Å². The summed E-state index contributed by atoms with van der Waals surface area (Å²) in [6.07, 6.45) is 0. The molecule has 0 atom stereocenters. The first-order valence-electron chi connectivity index (χ1n) is 6.46. The highest BCUT2D eigenvalue weighted by Crippen LogP contribution is 2.40. The topological polar surface area (TPSA) is 32.3 Å². The van der Waals surface area contributed by atoms with Gasteiger partial charge in [0.1, 0.15) is 4.88 Å². The van der Waals surface area contributed by atoms with E-state index in [4.69, 9.17) is 11.6 Å². The molecule has 0 aliphatic carbocycles. The molecule has 3 rings (SSSR count). The number of carbonyl (C=O) groups excluding carboxylic acids is 1. The van der Waals surface area contributed by atoms with Crippen LogP contribution >= 0.6 is 22.9 Å². The zero-order chi connectivity index (χ0) is 14.3. The van der Waals surface area contributed by atoms with Crippen molar-refractivity contribution in [2.45, 2.75) is 6.92 Å². The highest BCUT2D eigenvalue weighted by atomic mass is 35.5. The lowest BCUT2D eigenvalue weighted by Gasteiger charge is -2.23. The van der Waals surface area contributed by atoms with Gasteiger partial charge < -0.3 is 10.2 Å². The summed E-state index contributed by atoms with van der Waals surface area (Å²) in [5.41, 5.74) is 2.07. The third kappa shape index (κ3) is 2.30. The Kier molecular flexibility index (Phi) is 3.44. The Bertz CT molecular complexity index is 707. The standard InChI is InChI=1S/C15H15ClN2OS/c1-9(2)8-18-6-5-17-15(19)14-13(18)11-7-10(16)3-4-12(11)20-14/h3-4,7H,1,5-6,8H2,2H3,(H,17,19). The predicted octanol–water partition coefficient (Wildman–Crippen LogP) is 3.68. The number of fused-ring (bicyclic) bond motifs is 3. The molecule has 0 unspecified atom stereocenters. The molecule has 1 N–H and O–H groups in total. The van der Waals surface area contributed by atoms with Crippen molar-refractivity contribution in [2.24, 2.45) is 0 Å². The fraction of sp³-hybridized carbons (Fsp3) is 0.267. The molecule has 0 fully saturated rings. The fourth-order valence-electron chi connectivity index (χ4n) is 2.51. The largest absolute Gasteiger partial charge is 0.364 e. The predicted molar refractivity (Wildman–Crippen MR) is 86.2 cm³/mol. The van der Waals surface area contributed by atoms with E-state index in [1.807, 2.05) is 25.1 Å². The fourth-order valence-corrected chi connectivity index (χ4v) is 3.80. The van der Waals surface area contributed by atoms with Gasteiger partial charge in [-0.2, -0.15) is 0 Å². The molecule has 0 spiro atoms. The van der Waals surface area contributed by atoms with Gasteiger partial charge in [0.25, 0.3) is 5.91 Å². The molecule has 1 aromatic heterocycles. The van der Waals surface area contributed by atoms with E-state index in [0.717, 1.165) is 39.3 Å². The summed E-state index contributed by atoms with van der Waals surface area (Å²) < 4.78 is 1.09. The first-order valence-corrected chi connectivity index (χ1v) is 7.65. The summed E-state index contributed by atoms with van der Waals surface area (Å²) in [6, 6.07) is 5.78. The van der Waals surface area contributed by atoms with E-state index in [1.165, 1.54) is 11.3 Å². The van der Waals surface area contributed by atoms with E-state index in [9.17, 15) is 4.79 Å². The molecule has 0 bridgehead atoms. The molecule has 2 aromatic rings. The first-order chi connectivity index (χ1) is 9.56. The number of amides is 1. The maximum atomic E-state index is 12.2. The third-order valence-electron chi connectivity index (χ3n) is 3.27. The Labute approximate surface area is 126 Å². The van der Waals surface area contributed by atoms with Gasteiger partial charge in [-0.15, -0.1) is 11.3 Å². The second-order valence-electron chi connectivity index (χ2n) is 5.05. The van der Waals surface area contributed by atoms with Gasteiger partial charge in [0, 0.05) is 34.7 Å². The zero-order valence-electron chi connectivity index (χ0n) is 11.2. The van der Waals surface area contributed by atoms with Crippen LogP contribution in [0.3, 0.4) is 0 Å². The lowest BCUT2D eigenvalue weighted by atomic mass is 10.2. The quantitative estimate of drug-likeness (QED) is 0.858. The van der Waals surface area contributed by atoms with Crippen LogP contribution < -0.4 is 10.2 Å². The number of hydrogen-bond acceptors (Lipinski definition) is 3. The molecular weight excluding hydrogens is 292 g/mol. The lowest BCUT2D eigenvalue weighted by molar-refractivity contribution is 0.0962. The molecule has 20 heavy (non-hydrogen) atoms. The van der Waals surface area contributed by atoms with Crippen LogP contribution in [0.25, 0.3) is 10.1 Å². The van der Waals surface area contributed by atoms with Crippen molar-refractivity contribution in [3.63, 3.8) is 0 Å². The zero-order valence-corrected chi connectivity index (χ0v) is 12.8. The van der Waals surface area contributed by atoms with E-state index >= 15 is 0 Å². The smallest absolute Gasteiger partial charge is 0.263 e. The van der Waals surface area contributed by atoms with E-state index in [0.29, 0.717) is 11.6 Å². The van der Waals surface area contributed by atoms with Crippen molar-refractivity contribution in [2.75, 3.05) is 24.5 Å². The molecule has 0 saturated heterocycles. The minimum Gasteiger partial charge on any atom is -0.364 e. The van der Waals surface area contributed by atoms with Gasteiger partial charge in [-0.25, -0.2) is 0 Å². The van der Waals surface area contributed by atoms with Crippen LogP contribution in [0.4, 0.5) is 5.69 Å². The van der Waals surface area contributed by atoms with E-state index < -0.39 is 0 Å². The minimum absolute atomic E-state index is 0.00142. The van der Waals surface area contributed by atoms with Gasteiger partial charge in [0.05, 0.1) is 5.69 Å². The number of benzene rings is 1. The first kappa shape index (κ1) is 13.5. The van der Waals surface area contributed by atoms with Crippen molar-refractivity contribution in [1.29, 1.82) is 0 Å². The summed E-state index contributed by atoms with van der Waals surface area (Å²) >= 11 is 7.64. The van der Waals surface area contributed by atoms with Gasteiger partial charge in [-0.3, -0.25) is 4.79 Å².